The molecular formula is C16H25N3O3S2. The van der Waals surface area contributed by atoms with E-state index in [1.165, 1.54) is 11.3 Å². The number of esters is 1. The van der Waals surface area contributed by atoms with Crippen LogP contribution in [0, 0.1) is 11.8 Å². The lowest BCUT2D eigenvalue weighted by Crippen LogP contribution is -2.29. The number of hydrogen-bond acceptors (Lipinski definition) is 7. The highest BCUT2D eigenvalue weighted by atomic mass is 32.2. The van der Waals surface area contributed by atoms with Crippen LogP contribution < -0.4 is 5.32 Å². The Morgan fingerprint density at radius 1 is 1.25 bits per heavy atom. The largest absolute Gasteiger partial charge is 0.462 e. The molecule has 8 heteroatoms. The van der Waals surface area contributed by atoms with Crippen molar-refractivity contribution in [3.05, 3.63) is 0 Å². The van der Waals surface area contributed by atoms with Gasteiger partial charge in [0.05, 0.1) is 6.42 Å². The average molecular weight is 372 g/mol. The van der Waals surface area contributed by atoms with Crippen LogP contribution in [0.3, 0.4) is 0 Å². The standard InChI is InChI=1S/C16H25N3O3S2/c1-4-23-16-19-18-15(24-16)17-13(20)7-8-14(21)22-12-6-5-10(2)11(3)9-12/h10-12H,4-9H2,1-3H3,(H,17,18,20)/t10-,11+,12-/m1/s1. The molecule has 1 fully saturated rings. The third-order valence-corrected chi connectivity index (χ3v) is 6.18. The van der Waals surface area contributed by atoms with Crippen molar-refractivity contribution in [3.8, 4) is 0 Å². The fourth-order valence-electron chi connectivity index (χ4n) is 2.69. The quantitative estimate of drug-likeness (QED) is 0.447. The first kappa shape index (κ1) is 19.2. The van der Waals surface area contributed by atoms with Crippen LogP contribution in [0.1, 0.15) is 52.9 Å². The zero-order valence-corrected chi connectivity index (χ0v) is 16.0. The normalized spacial score (nSPS) is 23.7. The topological polar surface area (TPSA) is 81.2 Å². The molecule has 1 aromatic rings. The van der Waals surface area contributed by atoms with Crippen LogP contribution in [0.4, 0.5) is 5.13 Å². The molecule has 0 saturated heterocycles. The molecule has 0 bridgehead atoms. The number of nitrogens with zero attached hydrogens (tertiary/aromatic N) is 2. The van der Waals surface area contributed by atoms with E-state index in [1.807, 2.05) is 6.92 Å². The Balaban J connectivity index is 1.68. The van der Waals surface area contributed by atoms with Crippen molar-refractivity contribution in [1.82, 2.24) is 10.2 Å². The van der Waals surface area contributed by atoms with Crippen LogP contribution in [0.25, 0.3) is 0 Å². The number of thioether (sulfide) groups is 1. The number of ether oxygens (including phenoxy) is 1. The summed E-state index contributed by atoms with van der Waals surface area (Å²) in [6, 6.07) is 0. The smallest absolute Gasteiger partial charge is 0.306 e. The number of anilines is 1. The third-order valence-electron chi connectivity index (χ3n) is 4.32. The first-order valence-electron chi connectivity index (χ1n) is 8.43. The van der Waals surface area contributed by atoms with Crippen LogP contribution in [-0.2, 0) is 14.3 Å². The van der Waals surface area contributed by atoms with Gasteiger partial charge in [-0.2, -0.15) is 0 Å². The van der Waals surface area contributed by atoms with E-state index in [0.717, 1.165) is 29.4 Å². The van der Waals surface area contributed by atoms with Gasteiger partial charge in [-0.15, -0.1) is 10.2 Å². The molecular weight excluding hydrogens is 346 g/mol. The summed E-state index contributed by atoms with van der Waals surface area (Å²) in [4.78, 5) is 23.8. The molecule has 1 aromatic heterocycles. The van der Waals surface area contributed by atoms with E-state index in [-0.39, 0.29) is 30.8 Å². The highest BCUT2D eigenvalue weighted by Crippen LogP contribution is 2.31. The maximum absolute atomic E-state index is 11.9. The lowest BCUT2D eigenvalue weighted by atomic mass is 9.80. The molecule has 6 nitrogen and oxygen atoms in total. The molecule has 134 valence electrons. The molecule has 0 aliphatic heterocycles. The maximum Gasteiger partial charge on any atom is 0.306 e. The zero-order chi connectivity index (χ0) is 17.5. The summed E-state index contributed by atoms with van der Waals surface area (Å²) in [5.74, 6) is 1.64. The first-order chi connectivity index (χ1) is 11.5. The Labute approximate surface area is 151 Å². The number of hydrogen-bond donors (Lipinski definition) is 1. The number of carbonyl (C=O) groups excluding carboxylic acids is 2. The molecule has 1 heterocycles. The Bertz CT molecular complexity index is 565. The molecule has 0 radical (unpaired) electrons. The molecule has 24 heavy (non-hydrogen) atoms. The van der Waals surface area contributed by atoms with Gasteiger partial charge in [0.25, 0.3) is 0 Å². The predicted octanol–water partition coefficient (Wildman–Crippen LogP) is 3.74. The minimum Gasteiger partial charge on any atom is -0.462 e. The molecule has 0 unspecified atom stereocenters. The van der Waals surface area contributed by atoms with E-state index in [0.29, 0.717) is 17.0 Å². The number of carbonyl (C=O) groups is 2. The monoisotopic (exact) mass is 371 g/mol. The van der Waals surface area contributed by atoms with Crippen molar-refractivity contribution in [2.24, 2.45) is 11.8 Å². The van der Waals surface area contributed by atoms with Gasteiger partial charge in [0.15, 0.2) is 4.34 Å². The third kappa shape index (κ3) is 6.05. The fraction of sp³-hybridized carbons (Fsp3) is 0.750. The van der Waals surface area contributed by atoms with Gasteiger partial charge in [0.1, 0.15) is 6.10 Å². The summed E-state index contributed by atoms with van der Waals surface area (Å²) in [7, 11) is 0. The summed E-state index contributed by atoms with van der Waals surface area (Å²) >= 11 is 2.92. The molecule has 1 aliphatic carbocycles. The number of aromatic nitrogens is 2. The minimum atomic E-state index is -0.295. The van der Waals surface area contributed by atoms with E-state index in [9.17, 15) is 9.59 Å². The fourth-order valence-corrected chi connectivity index (χ4v) is 4.35. The number of rotatable bonds is 7. The van der Waals surface area contributed by atoms with E-state index in [2.05, 4.69) is 29.4 Å². The van der Waals surface area contributed by atoms with Gasteiger partial charge >= 0.3 is 5.97 Å². The van der Waals surface area contributed by atoms with Crippen LogP contribution in [-0.4, -0.2) is 33.9 Å². The number of nitrogens with one attached hydrogen (secondary N) is 1. The lowest BCUT2D eigenvalue weighted by molar-refractivity contribution is -0.152. The van der Waals surface area contributed by atoms with Crippen molar-refractivity contribution in [2.75, 3.05) is 11.1 Å². The van der Waals surface area contributed by atoms with Crippen LogP contribution in [0.15, 0.2) is 4.34 Å². The van der Waals surface area contributed by atoms with Gasteiger partial charge < -0.3 is 10.1 Å². The van der Waals surface area contributed by atoms with Gasteiger partial charge in [-0.25, -0.2) is 0 Å². The molecule has 0 aromatic carbocycles. The second kappa shape index (κ2) is 9.36. The van der Waals surface area contributed by atoms with Crippen LogP contribution >= 0.6 is 23.1 Å². The molecule has 1 N–H and O–H groups in total. The second-order valence-electron chi connectivity index (χ2n) is 6.23. The molecule has 3 atom stereocenters. The zero-order valence-electron chi connectivity index (χ0n) is 14.4. The van der Waals surface area contributed by atoms with Gasteiger partial charge in [-0.1, -0.05) is 43.9 Å². The van der Waals surface area contributed by atoms with E-state index in [1.54, 1.807) is 11.8 Å². The van der Waals surface area contributed by atoms with Gasteiger partial charge in [0, 0.05) is 6.42 Å². The van der Waals surface area contributed by atoms with Crippen molar-refractivity contribution >= 4 is 40.1 Å². The number of amides is 1. The summed E-state index contributed by atoms with van der Waals surface area (Å²) in [6.45, 7) is 6.47. The summed E-state index contributed by atoms with van der Waals surface area (Å²) < 4.78 is 6.33. The van der Waals surface area contributed by atoms with Crippen LogP contribution in [0.2, 0.25) is 0 Å². The summed E-state index contributed by atoms with van der Waals surface area (Å²) in [6.07, 6.45) is 3.14. The Morgan fingerprint density at radius 2 is 2.04 bits per heavy atom. The maximum atomic E-state index is 11.9. The van der Waals surface area contributed by atoms with Crippen molar-refractivity contribution < 1.29 is 14.3 Å². The predicted molar refractivity (Wildman–Crippen MR) is 96.2 cm³/mol. The van der Waals surface area contributed by atoms with E-state index in [4.69, 9.17) is 4.74 Å². The van der Waals surface area contributed by atoms with Crippen molar-refractivity contribution in [2.45, 2.75) is 63.3 Å². The van der Waals surface area contributed by atoms with E-state index >= 15 is 0 Å². The van der Waals surface area contributed by atoms with Gasteiger partial charge in [0.2, 0.25) is 11.0 Å². The van der Waals surface area contributed by atoms with Gasteiger partial charge in [-0.05, 0) is 36.9 Å². The average Bonchev–Trinajstić information content (AvgIpc) is 2.96. The molecule has 2 rings (SSSR count). The molecule has 1 aliphatic rings. The Kier molecular flexibility index (Phi) is 7.48. The van der Waals surface area contributed by atoms with Crippen molar-refractivity contribution in [1.29, 1.82) is 0 Å². The highest BCUT2D eigenvalue weighted by Gasteiger charge is 2.27. The second-order valence-corrected chi connectivity index (χ2v) is 8.72. The Morgan fingerprint density at radius 3 is 2.75 bits per heavy atom. The first-order valence-corrected chi connectivity index (χ1v) is 10.2. The highest BCUT2D eigenvalue weighted by molar-refractivity contribution is 8.01. The van der Waals surface area contributed by atoms with Crippen molar-refractivity contribution in [3.63, 3.8) is 0 Å². The van der Waals surface area contributed by atoms with E-state index < -0.39 is 0 Å². The summed E-state index contributed by atoms with van der Waals surface area (Å²) in [5.41, 5.74) is 0. The molecule has 1 saturated carbocycles. The molecule has 1 amide bonds. The lowest BCUT2D eigenvalue weighted by Gasteiger charge is -2.31. The molecule has 0 spiro atoms. The van der Waals surface area contributed by atoms with Crippen LogP contribution in [0.5, 0.6) is 0 Å². The SMILES string of the molecule is CCSc1nnc(NC(=O)CCC(=O)O[C@@H]2CC[C@@H](C)[C@@H](C)C2)s1. The van der Waals surface area contributed by atoms with Gasteiger partial charge in [-0.3, -0.25) is 9.59 Å². The summed E-state index contributed by atoms with van der Waals surface area (Å²) in [5, 5.41) is 11.0. The minimum absolute atomic E-state index is 0.00329. The Hall–Kier alpha value is -1.15.